The van der Waals surface area contributed by atoms with Crippen molar-refractivity contribution in [3.8, 4) is 0 Å². The number of nitrogens with one attached hydrogen (secondary N) is 2. The first-order valence-electron chi connectivity index (χ1n) is 6.90. The molecule has 94 valence electrons. The van der Waals surface area contributed by atoms with Crippen molar-refractivity contribution in [3.05, 3.63) is 35.9 Å². The predicted octanol–water partition coefficient (Wildman–Crippen LogP) is 2.56. The highest BCUT2D eigenvalue weighted by Gasteiger charge is 2.19. The summed E-state index contributed by atoms with van der Waals surface area (Å²) in [5.41, 5.74) is 1.37. The monoisotopic (exact) mass is 232 g/mol. The van der Waals surface area contributed by atoms with Gasteiger partial charge in [0.25, 0.3) is 0 Å². The third-order valence-corrected chi connectivity index (χ3v) is 3.26. The van der Waals surface area contributed by atoms with Gasteiger partial charge in [0, 0.05) is 6.54 Å². The van der Waals surface area contributed by atoms with E-state index in [2.05, 4.69) is 41.0 Å². The van der Waals surface area contributed by atoms with Gasteiger partial charge in [-0.2, -0.15) is 0 Å². The second-order valence-electron chi connectivity index (χ2n) is 5.02. The van der Waals surface area contributed by atoms with E-state index in [9.17, 15) is 0 Å². The molecule has 2 rings (SSSR count). The van der Waals surface area contributed by atoms with Gasteiger partial charge in [-0.25, -0.2) is 0 Å². The van der Waals surface area contributed by atoms with Crippen molar-refractivity contribution in [2.45, 2.75) is 32.2 Å². The molecule has 2 nitrogen and oxygen atoms in total. The van der Waals surface area contributed by atoms with Crippen LogP contribution >= 0.6 is 0 Å². The molecule has 0 heterocycles. The molecule has 1 aliphatic rings. The Kier molecular flexibility index (Phi) is 5.53. The zero-order valence-electron chi connectivity index (χ0n) is 10.6. The number of unbranched alkanes of at least 4 members (excludes halogenated alkanes) is 1. The van der Waals surface area contributed by atoms with E-state index in [1.807, 2.05) is 0 Å². The van der Waals surface area contributed by atoms with Crippen LogP contribution in [0.2, 0.25) is 0 Å². The Labute approximate surface area is 105 Å². The van der Waals surface area contributed by atoms with Crippen molar-refractivity contribution in [3.63, 3.8) is 0 Å². The molecule has 2 N–H and O–H groups in total. The van der Waals surface area contributed by atoms with Crippen LogP contribution in [0.25, 0.3) is 0 Å². The molecule has 1 fully saturated rings. The Morgan fingerprint density at radius 2 is 1.65 bits per heavy atom. The van der Waals surface area contributed by atoms with Crippen LogP contribution in [-0.2, 0) is 6.54 Å². The molecular formula is C15H24N2. The van der Waals surface area contributed by atoms with Crippen LogP contribution in [-0.4, -0.2) is 19.6 Å². The van der Waals surface area contributed by atoms with Crippen LogP contribution in [0.3, 0.4) is 0 Å². The summed E-state index contributed by atoms with van der Waals surface area (Å²) in [5.74, 6) is 1.01. The molecule has 0 saturated heterocycles. The first-order chi connectivity index (χ1) is 8.45. The van der Waals surface area contributed by atoms with Gasteiger partial charge in [0.1, 0.15) is 0 Å². The lowest BCUT2D eigenvalue weighted by Gasteiger charge is -2.05. The number of rotatable bonds is 9. The molecule has 0 spiro atoms. The van der Waals surface area contributed by atoms with Crippen molar-refractivity contribution in [1.82, 2.24) is 10.6 Å². The Bertz CT molecular complexity index is 293. The minimum absolute atomic E-state index is 0.996. The van der Waals surface area contributed by atoms with Crippen molar-refractivity contribution < 1.29 is 0 Å². The Morgan fingerprint density at radius 3 is 2.35 bits per heavy atom. The zero-order valence-corrected chi connectivity index (χ0v) is 10.6. The lowest BCUT2D eigenvalue weighted by atomic mass is 10.2. The van der Waals surface area contributed by atoms with E-state index in [0.29, 0.717) is 0 Å². The molecule has 1 aliphatic carbocycles. The second kappa shape index (κ2) is 7.46. The number of hydrogen-bond acceptors (Lipinski definition) is 2. The summed E-state index contributed by atoms with van der Waals surface area (Å²) in [6.45, 7) is 4.55. The van der Waals surface area contributed by atoms with Crippen LogP contribution in [0.15, 0.2) is 30.3 Å². The molecule has 1 aromatic carbocycles. The zero-order chi connectivity index (χ0) is 11.8. The largest absolute Gasteiger partial charge is 0.316 e. The van der Waals surface area contributed by atoms with Gasteiger partial charge in [0.15, 0.2) is 0 Å². The Balaban J connectivity index is 1.38. The smallest absolute Gasteiger partial charge is 0.0205 e. The van der Waals surface area contributed by atoms with Crippen molar-refractivity contribution in [2.75, 3.05) is 19.6 Å². The average molecular weight is 232 g/mol. The maximum Gasteiger partial charge on any atom is 0.0205 e. The van der Waals surface area contributed by atoms with Gasteiger partial charge in [-0.05, 0) is 56.8 Å². The van der Waals surface area contributed by atoms with E-state index in [0.717, 1.165) is 19.0 Å². The van der Waals surface area contributed by atoms with Crippen LogP contribution in [0.4, 0.5) is 0 Å². The molecular weight excluding hydrogens is 208 g/mol. The fourth-order valence-corrected chi connectivity index (χ4v) is 1.96. The lowest BCUT2D eigenvalue weighted by molar-refractivity contribution is 0.568. The lowest BCUT2D eigenvalue weighted by Crippen LogP contribution is -2.20. The molecule has 2 heteroatoms. The van der Waals surface area contributed by atoms with Crippen LogP contribution in [0.1, 0.15) is 31.2 Å². The first kappa shape index (κ1) is 12.6. The van der Waals surface area contributed by atoms with E-state index >= 15 is 0 Å². The third-order valence-electron chi connectivity index (χ3n) is 3.26. The molecule has 0 aromatic heterocycles. The Morgan fingerprint density at radius 1 is 0.941 bits per heavy atom. The summed E-state index contributed by atoms with van der Waals surface area (Å²) in [4.78, 5) is 0. The standard InChI is InChI=1S/C15H24N2/c1-2-6-14(7-3-1)12-16-10-4-5-11-17-13-15-8-9-15/h1-3,6-7,15-17H,4-5,8-13H2. The van der Waals surface area contributed by atoms with Crippen molar-refractivity contribution in [2.24, 2.45) is 5.92 Å². The van der Waals surface area contributed by atoms with Crippen molar-refractivity contribution >= 4 is 0 Å². The molecule has 0 atom stereocenters. The molecule has 0 radical (unpaired) electrons. The van der Waals surface area contributed by atoms with Crippen LogP contribution in [0, 0.1) is 5.92 Å². The van der Waals surface area contributed by atoms with Gasteiger partial charge in [-0.15, -0.1) is 0 Å². The molecule has 0 unspecified atom stereocenters. The highest BCUT2D eigenvalue weighted by molar-refractivity contribution is 5.14. The van der Waals surface area contributed by atoms with Crippen LogP contribution in [0.5, 0.6) is 0 Å². The summed E-state index contributed by atoms with van der Waals surface area (Å²) in [6.07, 6.45) is 5.45. The highest BCUT2D eigenvalue weighted by atomic mass is 14.9. The maximum atomic E-state index is 3.53. The summed E-state index contributed by atoms with van der Waals surface area (Å²) < 4.78 is 0. The van der Waals surface area contributed by atoms with Gasteiger partial charge >= 0.3 is 0 Å². The van der Waals surface area contributed by atoms with E-state index in [1.54, 1.807) is 0 Å². The predicted molar refractivity (Wildman–Crippen MR) is 73.0 cm³/mol. The quantitative estimate of drug-likeness (QED) is 0.639. The molecule has 0 aliphatic heterocycles. The maximum absolute atomic E-state index is 3.53. The SMILES string of the molecule is c1ccc(CNCCCCNCC2CC2)cc1. The van der Waals surface area contributed by atoms with E-state index in [1.165, 1.54) is 44.3 Å². The summed E-state index contributed by atoms with van der Waals surface area (Å²) >= 11 is 0. The average Bonchev–Trinajstić information content (AvgIpc) is 3.18. The van der Waals surface area contributed by atoms with Gasteiger partial charge in [0.05, 0.1) is 0 Å². The van der Waals surface area contributed by atoms with Gasteiger partial charge in [-0.3, -0.25) is 0 Å². The first-order valence-corrected chi connectivity index (χ1v) is 6.90. The summed E-state index contributed by atoms with van der Waals surface area (Å²) in [6, 6.07) is 10.6. The fraction of sp³-hybridized carbons (Fsp3) is 0.600. The minimum atomic E-state index is 0.996. The Hall–Kier alpha value is -0.860. The fourth-order valence-electron chi connectivity index (χ4n) is 1.96. The third kappa shape index (κ3) is 5.85. The van der Waals surface area contributed by atoms with E-state index < -0.39 is 0 Å². The summed E-state index contributed by atoms with van der Waals surface area (Å²) in [7, 11) is 0. The van der Waals surface area contributed by atoms with Gasteiger partial charge in [-0.1, -0.05) is 30.3 Å². The molecule has 0 bridgehead atoms. The second-order valence-corrected chi connectivity index (χ2v) is 5.02. The normalized spacial score (nSPS) is 15.1. The van der Waals surface area contributed by atoms with Crippen LogP contribution < -0.4 is 10.6 Å². The molecule has 0 amide bonds. The number of benzene rings is 1. The molecule has 17 heavy (non-hydrogen) atoms. The van der Waals surface area contributed by atoms with Gasteiger partial charge in [0.2, 0.25) is 0 Å². The summed E-state index contributed by atoms with van der Waals surface area (Å²) in [5, 5.41) is 7.01. The van der Waals surface area contributed by atoms with E-state index in [4.69, 9.17) is 0 Å². The number of hydrogen-bond donors (Lipinski definition) is 2. The highest BCUT2D eigenvalue weighted by Crippen LogP contribution is 2.27. The molecule has 1 saturated carbocycles. The molecule has 1 aromatic rings. The van der Waals surface area contributed by atoms with E-state index in [-0.39, 0.29) is 0 Å². The minimum Gasteiger partial charge on any atom is -0.316 e. The topological polar surface area (TPSA) is 24.1 Å². The van der Waals surface area contributed by atoms with Crippen molar-refractivity contribution in [1.29, 1.82) is 0 Å². The van der Waals surface area contributed by atoms with Gasteiger partial charge < -0.3 is 10.6 Å².